The zero-order valence-electron chi connectivity index (χ0n) is 15.4. The van der Waals surface area contributed by atoms with E-state index < -0.39 is 10.0 Å². The molecular weight excluding hydrogens is 380 g/mol. The first-order chi connectivity index (χ1) is 13.5. The highest BCUT2D eigenvalue weighted by atomic mass is 32.2. The molecule has 0 aromatic heterocycles. The van der Waals surface area contributed by atoms with Crippen LogP contribution in [0.2, 0.25) is 0 Å². The maximum absolute atomic E-state index is 12.7. The van der Waals surface area contributed by atoms with Crippen molar-refractivity contribution >= 4 is 15.9 Å². The number of benzene rings is 2. The summed E-state index contributed by atoms with van der Waals surface area (Å²) in [6, 6.07) is 11.7. The van der Waals surface area contributed by atoms with Gasteiger partial charge in [0.2, 0.25) is 16.8 Å². The molecular formula is C20H22N2O5S. The van der Waals surface area contributed by atoms with E-state index in [2.05, 4.69) is 5.32 Å². The van der Waals surface area contributed by atoms with E-state index in [0.717, 1.165) is 24.8 Å². The monoisotopic (exact) mass is 402 g/mol. The van der Waals surface area contributed by atoms with Crippen molar-refractivity contribution in [2.24, 2.45) is 0 Å². The van der Waals surface area contributed by atoms with Crippen LogP contribution in [-0.4, -0.2) is 38.5 Å². The summed E-state index contributed by atoms with van der Waals surface area (Å²) >= 11 is 0. The molecule has 1 N–H and O–H groups in total. The average Bonchev–Trinajstić information content (AvgIpc) is 3.21. The molecule has 0 radical (unpaired) electrons. The summed E-state index contributed by atoms with van der Waals surface area (Å²) in [7, 11) is -3.44. The van der Waals surface area contributed by atoms with Crippen LogP contribution in [0.5, 0.6) is 11.5 Å². The van der Waals surface area contributed by atoms with Crippen LogP contribution in [0.1, 0.15) is 35.2 Å². The third-order valence-corrected chi connectivity index (χ3v) is 6.88. The Morgan fingerprint density at radius 3 is 2.43 bits per heavy atom. The van der Waals surface area contributed by atoms with Crippen molar-refractivity contribution in [3.05, 3.63) is 53.6 Å². The van der Waals surface area contributed by atoms with E-state index >= 15 is 0 Å². The van der Waals surface area contributed by atoms with Crippen LogP contribution < -0.4 is 14.8 Å². The van der Waals surface area contributed by atoms with Crippen molar-refractivity contribution in [3.63, 3.8) is 0 Å². The van der Waals surface area contributed by atoms with Crippen LogP contribution >= 0.6 is 0 Å². The van der Waals surface area contributed by atoms with Gasteiger partial charge in [0.15, 0.2) is 11.5 Å². The minimum Gasteiger partial charge on any atom is -0.454 e. The maximum Gasteiger partial charge on any atom is 0.251 e. The molecule has 28 heavy (non-hydrogen) atoms. The Morgan fingerprint density at radius 2 is 1.68 bits per heavy atom. The first kappa shape index (κ1) is 18.8. The summed E-state index contributed by atoms with van der Waals surface area (Å²) in [6.07, 6.45) is 2.89. The SMILES string of the molecule is O=C(NCc1ccc(S(=O)(=O)N2CCCCC2)cc1)c1ccc2c(c1)OCO2. The largest absolute Gasteiger partial charge is 0.454 e. The molecule has 8 heteroatoms. The Hall–Kier alpha value is -2.58. The highest BCUT2D eigenvalue weighted by Gasteiger charge is 2.25. The minimum absolute atomic E-state index is 0.160. The number of piperidine rings is 1. The van der Waals surface area contributed by atoms with Gasteiger partial charge in [-0.15, -0.1) is 0 Å². The second kappa shape index (κ2) is 7.81. The van der Waals surface area contributed by atoms with E-state index in [-0.39, 0.29) is 12.7 Å². The van der Waals surface area contributed by atoms with Gasteiger partial charge < -0.3 is 14.8 Å². The second-order valence-electron chi connectivity index (χ2n) is 6.86. The number of carbonyl (C=O) groups is 1. The van der Waals surface area contributed by atoms with Crippen LogP contribution in [-0.2, 0) is 16.6 Å². The van der Waals surface area contributed by atoms with Gasteiger partial charge in [-0.2, -0.15) is 4.31 Å². The van der Waals surface area contributed by atoms with Crippen molar-refractivity contribution in [1.82, 2.24) is 9.62 Å². The molecule has 148 valence electrons. The lowest BCUT2D eigenvalue weighted by Crippen LogP contribution is -2.35. The number of ether oxygens (including phenoxy) is 2. The van der Waals surface area contributed by atoms with Crippen LogP contribution in [0.4, 0.5) is 0 Å². The third kappa shape index (κ3) is 3.83. The second-order valence-corrected chi connectivity index (χ2v) is 8.80. The number of nitrogens with one attached hydrogen (secondary N) is 1. The summed E-state index contributed by atoms with van der Waals surface area (Å²) < 4.78 is 37.4. The van der Waals surface area contributed by atoms with Crippen LogP contribution in [0.25, 0.3) is 0 Å². The van der Waals surface area contributed by atoms with Crippen molar-refractivity contribution < 1.29 is 22.7 Å². The van der Waals surface area contributed by atoms with E-state index in [4.69, 9.17) is 9.47 Å². The van der Waals surface area contributed by atoms with E-state index in [1.165, 1.54) is 0 Å². The Kier molecular flexibility index (Phi) is 5.23. The first-order valence-electron chi connectivity index (χ1n) is 9.31. The Labute approximate surface area is 164 Å². The molecule has 1 fully saturated rings. The number of hydrogen-bond donors (Lipinski definition) is 1. The normalized spacial score (nSPS) is 16.7. The van der Waals surface area contributed by atoms with Crippen molar-refractivity contribution in [1.29, 1.82) is 0 Å². The molecule has 1 amide bonds. The molecule has 0 saturated carbocycles. The van der Waals surface area contributed by atoms with Crippen LogP contribution in [0.15, 0.2) is 47.4 Å². The van der Waals surface area contributed by atoms with Gasteiger partial charge in [0, 0.05) is 25.2 Å². The zero-order valence-corrected chi connectivity index (χ0v) is 16.2. The standard InChI is InChI=1S/C20H22N2O5S/c23-20(16-6-9-18-19(12-16)27-14-26-18)21-13-15-4-7-17(8-5-15)28(24,25)22-10-2-1-3-11-22/h4-9,12H,1-3,10-11,13-14H2,(H,21,23). The molecule has 1 saturated heterocycles. The lowest BCUT2D eigenvalue weighted by molar-refractivity contribution is 0.0950. The molecule has 2 aromatic rings. The Balaban J connectivity index is 1.38. The van der Waals surface area contributed by atoms with Crippen LogP contribution in [0.3, 0.4) is 0 Å². The van der Waals surface area contributed by atoms with Crippen molar-refractivity contribution in [2.45, 2.75) is 30.7 Å². The van der Waals surface area contributed by atoms with E-state index in [1.54, 1.807) is 46.8 Å². The molecule has 0 spiro atoms. The molecule has 0 unspecified atom stereocenters. The number of rotatable bonds is 5. The fourth-order valence-electron chi connectivity index (χ4n) is 3.36. The van der Waals surface area contributed by atoms with E-state index in [1.807, 2.05) is 0 Å². The molecule has 2 aliphatic rings. The molecule has 7 nitrogen and oxygen atoms in total. The van der Waals surface area contributed by atoms with E-state index in [0.29, 0.717) is 41.6 Å². The van der Waals surface area contributed by atoms with Gasteiger partial charge in [0.05, 0.1) is 4.90 Å². The van der Waals surface area contributed by atoms with E-state index in [9.17, 15) is 13.2 Å². The maximum atomic E-state index is 12.7. The summed E-state index contributed by atoms with van der Waals surface area (Å²) in [5.41, 5.74) is 1.31. The minimum atomic E-state index is -3.44. The Bertz CT molecular complexity index is 967. The summed E-state index contributed by atoms with van der Waals surface area (Å²) in [6.45, 7) is 1.62. The number of fused-ring (bicyclic) bond motifs is 1. The molecule has 0 aliphatic carbocycles. The van der Waals surface area contributed by atoms with Gasteiger partial charge in [-0.1, -0.05) is 18.6 Å². The first-order valence-corrected chi connectivity index (χ1v) is 10.7. The highest BCUT2D eigenvalue weighted by Crippen LogP contribution is 2.32. The molecule has 2 aliphatic heterocycles. The topological polar surface area (TPSA) is 84.9 Å². The van der Waals surface area contributed by atoms with Crippen LogP contribution in [0, 0.1) is 0 Å². The fraction of sp³-hybridized carbons (Fsp3) is 0.350. The zero-order chi connectivity index (χ0) is 19.6. The smallest absolute Gasteiger partial charge is 0.251 e. The van der Waals surface area contributed by atoms with Gasteiger partial charge >= 0.3 is 0 Å². The van der Waals surface area contributed by atoms with Gasteiger partial charge in [-0.3, -0.25) is 4.79 Å². The van der Waals surface area contributed by atoms with Gasteiger partial charge in [0.1, 0.15) is 0 Å². The van der Waals surface area contributed by atoms with Gasteiger partial charge in [-0.05, 0) is 48.7 Å². The Morgan fingerprint density at radius 1 is 0.964 bits per heavy atom. The lowest BCUT2D eigenvalue weighted by Gasteiger charge is -2.25. The fourth-order valence-corrected chi connectivity index (χ4v) is 4.87. The predicted molar refractivity (Wildman–Crippen MR) is 103 cm³/mol. The molecule has 4 rings (SSSR count). The number of amides is 1. The number of nitrogens with zero attached hydrogens (tertiary/aromatic N) is 1. The highest BCUT2D eigenvalue weighted by molar-refractivity contribution is 7.89. The third-order valence-electron chi connectivity index (χ3n) is 4.96. The average molecular weight is 402 g/mol. The van der Waals surface area contributed by atoms with Gasteiger partial charge in [-0.25, -0.2) is 8.42 Å². The predicted octanol–water partition coefficient (Wildman–Crippen LogP) is 2.52. The number of carbonyl (C=O) groups excluding carboxylic acids is 1. The van der Waals surface area contributed by atoms with Gasteiger partial charge in [0.25, 0.3) is 5.91 Å². The van der Waals surface area contributed by atoms with Crippen molar-refractivity contribution in [2.75, 3.05) is 19.9 Å². The summed E-state index contributed by atoms with van der Waals surface area (Å²) in [4.78, 5) is 12.6. The summed E-state index contributed by atoms with van der Waals surface area (Å²) in [5, 5.41) is 2.83. The van der Waals surface area contributed by atoms with Crippen molar-refractivity contribution in [3.8, 4) is 11.5 Å². The molecule has 2 aromatic carbocycles. The number of sulfonamides is 1. The number of hydrogen-bond acceptors (Lipinski definition) is 5. The summed E-state index contributed by atoms with van der Waals surface area (Å²) in [5.74, 6) is 0.949. The lowest BCUT2D eigenvalue weighted by atomic mass is 10.1. The molecule has 2 heterocycles. The quantitative estimate of drug-likeness (QED) is 0.831. The molecule has 0 bridgehead atoms. The molecule has 0 atom stereocenters.